The highest BCUT2D eigenvalue weighted by Gasteiger charge is 2.15. The third-order valence-electron chi connectivity index (χ3n) is 1.92. The first-order valence-corrected chi connectivity index (χ1v) is 5.10. The molecule has 0 aromatic heterocycles. The van der Waals surface area contributed by atoms with E-state index in [0.717, 1.165) is 0 Å². The predicted octanol–water partition coefficient (Wildman–Crippen LogP) is 3.74. The van der Waals surface area contributed by atoms with Crippen LogP contribution >= 0.6 is 22.6 Å². The van der Waals surface area contributed by atoms with Crippen LogP contribution in [-0.2, 0) is 0 Å². The number of alkyl halides is 2. The summed E-state index contributed by atoms with van der Waals surface area (Å²) in [5.74, 6) is -0.189. The van der Waals surface area contributed by atoms with Crippen molar-refractivity contribution in [2.24, 2.45) is 0 Å². The molecular formula is C10H9F2IO. The average Bonchev–Trinajstić information content (AvgIpc) is 2.08. The summed E-state index contributed by atoms with van der Waals surface area (Å²) < 4.78 is 25.6. The van der Waals surface area contributed by atoms with Gasteiger partial charge in [-0.2, -0.15) is 0 Å². The summed E-state index contributed by atoms with van der Waals surface area (Å²) in [6, 6.07) is 2.90. The SMILES string of the molecule is CC(=O)c1cc(C)c(I)c(C(F)F)c1. The van der Waals surface area contributed by atoms with E-state index in [2.05, 4.69) is 0 Å². The van der Waals surface area contributed by atoms with Crippen LogP contribution < -0.4 is 0 Å². The average molecular weight is 310 g/mol. The molecule has 0 saturated heterocycles. The van der Waals surface area contributed by atoms with Gasteiger partial charge in [-0.15, -0.1) is 0 Å². The number of hydrogen-bond donors (Lipinski definition) is 0. The van der Waals surface area contributed by atoms with Crippen LogP contribution in [-0.4, -0.2) is 5.78 Å². The van der Waals surface area contributed by atoms with E-state index >= 15 is 0 Å². The Morgan fingerprint density at radius 2 is 2.00 bits per heavy atom. The van der Waals surface area contributed by atoms with Gasteiger partial charge in [-0.3, -0.25) is 4.79 Å². The van der Waals surface area contributed by atoms with E-state index in [-0.39, 0.29) is 11.3 Å². The summed E-state index contributed by atoms with van der Waals surface area (Å²) in [5, 5.41) is 0. The molecule has 0 unspecified atom stereocenters. The molecule has 1 aromatic carbocycles. The molecule has 0 atom stereocenters. The first-order chi connectivity index (χ1) is 6.43. The molecule has 0 saturated carbocycles. The van der Waals surface area contributed by atoms with Crippen molar-refractivity contribution < 1.29 is 13.6 Å². The minimum atomic E-state index is -2.53. The zero-order valence-electron chi connectivity index (χ0n) is 7.77. The molecule has 1 aromatic rings. The Morgan fingerprint density at radius 3 is 2.43 bits per heavy atom. The number of aryl methyl sites for hydroxylation is 1. The molecule has 76 valence electrons. The van der Waals surface area contributed by atoms with E-state index in [0.29, 0.717) is 14.7 Å². The van der Waals surface area contributed by atoms with Crippen LogP contribution in [0.3, 0.4) is 0 Å². The maximum absolute atomic E-state index is 12.5. The number of benzene rings is 1. The molecule has 0 aliphatic rings. The standard InChI is InChI=1S/C10H9F2IO/c1-5-3-7(6(2)14)4-8(9(5)13)10(11)12/h3-4,10H,1-2H3. The van der Waals surface area contributed by atoms with E-state index in [1.165, 1.54) is 13.0 Å². The Hall–Kier alpha value is -0.520. The van der Waals surface area contributed by atoms with Gasteiger partial charge in [0.15, 0.2) is 5.78 Å². The number of ketones is 1. The second-order valence-electron chi connectivity index (χ2n) is 3.05. The molecule has 14 heavy (non-hydrogen) atoms. The van der Waals surface area contributed by atoms with Crippen molar-refractivity contribution in [1.82, 2.24) is 0 Å². The van der Waals surface area contributed by atoms with Gasteiger partial charge in [0, 0.05) is 14.7 Å². The predicted molar refractivity (Wildman–Crippen MR) is 58.9 cm³/mol. The van der Waals surface area contributed by atoms with Crippen LogP contribution in [0.5, 0.6) is 0 Å². The highest BCUT2D eigenvalue weighted by atomic mass is 127. The van der Waals surface area contributed by atoms with E-state index in [4.69, 9.17) is 0 Å². The Kier molecular flexibility index (Phi) is 3.58. The fraction of sp³-hybridized carbons (Fsp3) is 0.300. The van der Waals surface area contributed by atoms with Crippen molar-refractivity contribution in [2.75, 3.05) is 0 Å². The highest BCUT2D eigenvalue weighted by Crippen LogP contribution is 2.28. The van der Waals surface area contributed by atoms with Crippen molar-refractivity contribution in [3.63, 3.8) is 0 Å². The lowest BCUT2D eigenvalue weighted by Gasteiger charge is -2.08. The summed E-state index contributed by atoms with van der Waals surface area (Å²) in [4.78, 5) is 11.0. The Bertz CT molecular complexity index is 375. The normalized spacial score (nSPS) is 10.7. The summed E-state index contributed by atoms with van der Waals surface area (Å²) >= 11 is 1.87. The van der Waals surface area contributed by atoms with Gasteiger partial charge in [-0.1, -0.05) is 0 Å². The third kappa shape index (κ3) is 2.29. The smallest absolute Gasteiger partial charge is 0.264 e. The minimum Gasteiger partial charge on any atom is -0.295 e. The van der Waals surface area contributed by atoms with Gasteiger partial charge in [0.1, 0.15) is 0 Å². The van der Waals surface area contributed by atoms with Gasteiger partial charge in [0.2, 0.25) is 0 Å². The summed E-state index contributed by atoms with van der Waals surface area (Å²) in [6.07, 6.45) is -2.53. The van der Waals surface area contributed by atoms with Crippen molar-refractivity contribution in [2.45, 2.75) is 20.3 Å². The molecule has 4 heteroatoms. The van der Waals surface area contributed by atoms with Gasteiger partial charge in [-0.05, 0) is 54.1 Å². The van der Waals surface area contributed by atoms with Gasteiger partial charge < -0.3 is 0 Å². The lowest BCUT2D eigenvalue weighted by molar-refractivity contribution is 0.101. The summed E-state index contributed by atoms with van der Waals surface area (Å²) in [5.41, 5.74) is 1.00. The van der Waals surface area contributed by atoms with Crippen molar-refractivity contribution >= 4 is 28.4 Å². The van der Waals surface area contributed by atoms with Crippen LogP contribution in [0.2, 0.25) is 0 Å². The first-order valence-electron chi connectivity index (χ1n) is 4.02. The molecule has 0 heterocycles. The van der Waals surface area contributed by atoms with Crippen LogP contribution in [0.15, 0.2) is 12.1 Å². The molecule has 1 nitrogen and oxygen atoms in total. The Labute approximate surface area is 94.6 Å². The highest BCUT2D eigenvalue weighted by molar-refractivity contribution is 14.1. The molecule has 0 aliphatic heterocycles. The number of rotatable bonds is 2. The summed E-state index contributed by atoms with van der Waals surface area (Å²) in [7, 11) is 0. The molecule has 1 rings (SSSR count). The molecule has 0 aliphatic carbocycles. The van der Waals surface area contributed by atoms with Gasteiger partial charge in [0.25, 0.3) is 6.43 Å². The monoisotopic (exact) mass is 310 g/mol. The molecular weight excluding hydrogens is 301 g/mol. The zero-order valence-corrected chi connectivity index (χ0v) is 9.93. The molecule has 0 N–H and O–H groups in total. The first kappa shape index (κ1) is 11.6. The molecule has 0 spiro atoms. The lowest BCUT2D eigenvalue weighted by Crippen LogP contribution is -1.99. The minimum absolute atomic E-state index is 0.0594. The summed E-state index contributed by atoms with van der Waals surface area (Å²) in [6.45, 7) is 3.09. The van der Waals surface area contributed by atoms with Gasteiger partial charge >= 0.3 is 0 Å². The number of carbonyl (C=O) groups excluding carboxylic acids is 1. The topological polar surface area (TPSA) is 17.1 Å². The van der Waals surface area contributed by atoms with Gasteiger partial charge in [-0.25, -0.2) is 8.78 Å². The number of carbonyl (C=O) groups is 1. The second-order valence-corrected chi connectivity index (χ2v) is 4.13. The molecule has 0 amide bonds. The third-order valence-corrected chi connectivity index (χ3v) is 3.40. The van der Waals surface area contributed by atoms with Crippen LogP contribution in [0.4, 0.5) is 8.78 Å². The maximum Gasteiger partial charge on any atom is 0.264 e. The van der Waals surface area contributed by atoms with Crippen molar-refractivity contribution in [3.8, 4) is 0 Å². The Balaban J connectivity index is 3.35. The number of halogens is 3. The molecule has 0 radical (unpaired) electrons. The fourth-order valence-electron chi connectivity index (χ4n) is 1.16. The largest absolute Gasteiger partial charge is 0.295 e. The van der Waals surface area contributed by atoms with Gasteiger partial charge in [0.05, 0.1) is 0 Å². The molecule has 0 fully saturated rings. The van der Waals surface area contributed by atoms with E-state index < -0.39 is 6.43 Å². The van der Waals surface area contributed by atoms with Crippen molar-refractivity contribution in [1.29, 1.82) is 0 Å². The fourth-order valence-corrected chi connectivity index (χ4v) is 1.71. The second kappa shape index (κ2) is 4.33. The maximum atomic E-state index is 12.5. The van der Waals surface area contributed by atoms with E-state index in [9.17, 15) is 13.6 Å². The van der Waals surface area contributed by atoms with Crippen LogP contribution in [0, 0.1) is 10.5 Å². The number of Topliss-reactive ketones (excluding diaryl/α,β-unsaturated/α-hetero) is 1. The van der Waals surface area contributed by atoms with E-state index in [1.54, 1.807) is 13.0 Å². The molecule has 0 bridgehead atoms. The van der Waals surface area contributed by atoms with Crippen LogP contribution in [0.25, 0.3) is 0 Å². The Morgan fingerprint density at radius 1 is 1.43 bits per heavy atom. The van der Waals surface area contributed by atoms with E-state index in [1.807, 2.05) is 22.6 Å². The zero-order chi connectivity index (χ0) is 10.9. The lowest BCUT2D eigenvalue weighted by atomic mass is 10.0. The number of hydrogen-bond acceptors (Lipinski definition) is 1. The quantitative estimate of drug-likeness (QED) is 0.601. The van der Waals surface area contributed by atoms with Crippen LogP contribution in [0.1, 0.15) is 34.8 Å². The van der Waals surface area contributed by atoms with Crippen molar-refractivity contribution in [3.05, 3.63) is 32.4 Å².